The van der Waals surface area contributed by atoms with E-state index in [0.717, 1.165) is 11.1 Å². The molecule has 1 aromatic heterocycles. The van der Waals surface area contributed by atoms with Crippen molar-refractivity contribution in [2.24, 2.45) is 15.4 Å². The minimum absolute atomic E-state index is 0.237. The fourth-order valence-electron chi connectivity index (χ4n) is 3.74. The van der Waals surface area contributed by atoms with Gasteiger partial charge in [0.2, 0.25) is 0 Å². The first-order chi connectivity index (χ1) is 16.4. The number of carbonyl (C=O) groups is 2. The Morgan fingerprint density at radius 3 is 2.62 bits per heavy atom. The van der Waals surface area contributed by atoms with Gasteiger partial charge >= 0.3 is 12.1 Å². The third kappa shape index (κ3) is 3.90. The predicted molar refractivity (Wildman–Crippen MR) is 123 cm³/mol. The minimum atomic E-state index is -0.870. The summed E-state index contributed by atoms with van der Waals surface area (Å²) in [5, 5.41) is 16.0. The lowest BCUT2D eigenvalue weighted by molar-refractivity contribution is -0.141. The van der Waals surface area contributed by atoms with Crippen molar-refractivity contribution in [2.45, 2.75) is 32.8 Å². The van der Waals surface area contributed by atoms with E-state index in [9.17, 15) is 14.7 Å². The Labute approximate surface area is 194 Å². The number of hydrogen-bond acceptors (Lipinski definition) is 7. The Balaban J connectivity index is 1.27. The van der Waals surface area contributed by atoms with Gasteiger partial charge in [0.25, 0.3) is 0 Å². The number of carboxylic acids is 1. The molecule has 9 heteroatoms. The van der Waals surface area contributed by atoms with Crippen molar-refractivity contribution in [2.75, 3.05) is 5.32 Å². The van der Waals surface area contributed by atoms with Gasteiger partial charge in [-0.25, -0.2) is 14.8 Å². The summed E-state index contributed by atoms with van der Waals surface area (Å²) in [6.07, 6.45) is 3.58. The van der Waals surface area contributed by atoms with Crippen molar-refractivity contribution >= 4 is 29.3 Å². The average Bonchev–Trinajstić information content (AvgIpc) is 3.26. The topological polar surface area (TPSA) is 126 Å². The molecule has 0 spiro atoms. The number of nitrogens with zero attached hydrogens (tertiary/aromatic N) is 3. The number of carboxylic acid groups (broad SMARTS) is 1. The quantitative estimate of drug-likeness (QED) is 0.650. The van der Waals surface area contributed by atoms with Crippen molar-refractivity contribution in [3.8, 4) is 11.8 Å². The molecule has 1 saturated carbocycles. The van der Waals surface area contributed by atoms with E-state index in [4.69, 9.17) is 9.26 Å². The van der Waals surface area contributed by atoms with Crippen LogP contribution in [0.5, 0.6) is 0 Å². The summed E-state index contributed by atoms with van der Waals surface area (Å²) in [5.41, 5.74) is 2.29. The van der Waals surface area contributed by atoms with Crippen LogP contribution in [-0.4, -0.2) is 33.9 Å². The van der Waals surface area contributed by atoms with Crippen molar-refractivity contribution in [1.29, 1.82) is 0 Å². The predicted octanol–water partition coefficient (Wildman–Crippen LogP) is 4.19. The summed E-state index contributed by atoms with van der Waals surface area (Å²) < 4.78 is 10.6. The lowest BCUT2D eigenvalue weighted by Crippen LogP contribution is -2.16. The average molecular weight is 456 g/mol. The molecule has 0 saturated heterocycles. The van der Waals surface area contributed by atoms with Crippen LogP contribution in [0.4, 0.5) is 10.5 Å². The molecule has 1 unspecified atom stereocenters. The highest BCUT2D eigenvalue weighted by atomic mass is 16.6. The lowest BCUT2D eigenvalue weighted by Gasteiger charge is -2.13. The number of allylic oxidation sites excluding steroid dienone is 1. The zero-order valence-corrected chi connectivity index (χ0v) is 18.5. The van der Waals surface area contributed by atoms with E-state index in [1.807, 2.05) is 30.3 Å². The molecule has 34 heavy (non-hydrogen) atoms. The van der Waals surface area contributed by atoms with Gasteiger partial charge in [-0.1, -0.05) is 35.5 Å². The number of aliphatic carboxylic acids is 1. The third-order valence-electron chi connectivity index (χ3n) is 5.90. The molecule has 3 aliphatic rings. The number of rotatable bonds is 5. The van der Waals surface area contributed by atoms with Crippen LogP contribution in [0.25, 0.3) is 0 Å². The van der Waals surface area contributed by atoms with E-state index in [1.54, 1.807) is 26.0 Å². The second-order valence-corrected chi connectivity index (χ2v) is 8.24. The van der Waals surface area contributed by atoms with Crippen LogP contribution in [0.2, 0.25) is 0 Å². The molecule has 2 aromatic rings. The molecule has 3 heterocycles. The SMILES string of the molecule is Cc1onc(C#CC2=NC3=NC(C4(C(=O)O)CC4)=CC3=C2)c1NC(=O)OC(C)c1ccccc1. The Hall–Kier alpha value is -4.45. The van der Waals surface area contributed by atoms with Gasteiger partial charge in [0.15, 0.2) is 17.3 Å². The third-order valence-corrected chi connectivity index (χ3v) is 5.90. The fraction of sp³-hybridized carbons (Fsp3) is 0.240. The Morgan fingerprint density at radius 2 is 1.94 bits per heavy atom. The summed E-state index contributed by atoms with van der Waals surface area (Å²) >= 11 is 0. The molecule has 0 radical (unpaired) electrons. The molecular formula is C25H20N4O5. The van der Waals surface area contributed by atoms with Crippen LogP contribution in [0, 0.1) is 24.2 Å². The van der Waals surface area contributed by atoms with E-state index in [2.05, 4.69) is 32.3 Å². The molecule has 0 bridgehead atoms. The van der Waals surface area contributed by atoms with Crippen LogP contribution in [0.15, 0.2) is 68.3 Å². The maximum Gasteiger partial charge on any atom is 0.412 e. The first kappa shape index (κ1) is 21.4. The highest BCUT2D eigenvalue weighted by molar-refractivity contribution is 6.26. The highest BCUT2D eigenvalue weighted by Crippen LogP contribution is 2.54. The lowest BCUT2D eigenvalue weighted by atomic mass is 10.0. The standard InChI is InChI=1S/C25H20N4O5/c1-14(16-6-4-3-5-7-16)33-24(32)28-21-15(2)34-29-19(21)9-8-18-12-17-13-20(27-22(17)26-18)25(10-11-25)23(30)31/h3-7,12-14H,10-11H2,1-2H3,(H,28,32)(H,30,31). The number of aromatic nitrogens is 1. The minimum Gasteiger partial charge on any atom is -0.481 e. The largest absolute Gasteiger partial charge is 0.481 e. The number of aryl methyl sites for hydroxylation is 1. The van der Waals surface area contributed by atoms with Gasteiger partial charge in [0.1, 0.15) is 22.9 Å². The van der Waals surface area contributed by atoms with E-state index in [1.165, 1.54) is 0 Å². The number of amidine groups is 1. The number of nitrogens with one attached hydrogen (secondary N) is 1. The van der Waals surface area contributed by atoms with Crippen molar-refractivity contribution < 1.29 is 24.0 Å². The van der Waals surface area contributed by atoms with E-state index >= 15 is 0 Å². The van der Waals surface area contributed by atoms with Crippen LogP contribution < -0.4 is 5.32 Å². The Morgan fingerprint density at radius 1 is 1.18 bits per heavy atom. The number of ether oxygens (including phenoxy) is 1. The first-order valence-electron chi connectivity index (χ1n) is 10.7. The summed E-state index contributed by atoms with van der Waals surface area (Å²) in [6, 6.07) is 9.39. The Kier molecular flexibility index (Phi) is 5.13. The van der Waals surface area contributed by atoms with Gasteiger partial charge in [-0.2, -0.15) is 0 Å². The van der Waals surface area contributed by atoms with E-state index < -0.39 is 23.6 Å². The van der Waals surface area contributed by atoms with E-state index in [-0.39, 0.29) is 5.69 Å². The number of aliphatic imine (C=N–C) groups is 2. The van der Waals surface area contributed by atoms with Gasteiger partial charge in [-0.05, 0) is 56.2 Å². The number of fused-ring (bicyclic) bond motifs is 1. The second-order valence-electron chi connectivity index (χ2n) is 8.24. The molecular weight excluding hydrogens is 436 g/mol. The van der Waals surface area contributed by atoms with Crippen LogP contribution in [-0.2, 0) is 9.53 Å². The van der Waals surface area contributed by atoms with Gasteiger partial charge < -0.3 is 14.4 Å². The molecule has 1 atom stereocenters. The molecule has 2 aliphatic heterocycles. The monoisotopic (exact) mass is 456 g/mol. The van der Waals surface area contributed by atoms with Gasteiger partial charge in [0.05, 0.1) is 5.70 Å². The molecule has 1 aromatic carbocycles. The van der Waals surface area contributed by atoms with Crippen LogP contribution >= 0.6 is 0 Å². The number of hydrogen-bond donors (Lipinski definition) is 2. The molecule has 9 nitrogen and oxygen atoms in total. The molecule has 1 amide bonds. The Bertz CT molecular complexity index is 1380. The maximum absolute atomic E-state index is 12.4. The smallest absolute Gasteiger partial charge is 0.412 e. The summed E-state index contributed by atoms with van der Waals surface area (Å²) in [4.78, 5) is 32.7. The van der Waals surface area contributed by atoms with Crippen LogP contribution in [0.1, 0.15) is 42.9 Å². The molecule has 1 fully saturated rings. The highest BCUT2D eigenvalue weighted by Gasteiger charge is 2.55. The number of amides is 1. The number of benzene rings is 1. The second kappa shape index (κ2) is 8.15. The van der Waals surface area contributed by atoms with Gasteiger partial charge in [-0.3, -0.25) is 10.1 Å². The van der Waals surface area contributed by atoms with Crippen molar-refractivity contribution in [3.63, 3.8) is 0 Å². The summed E-state index contributed by atoms with van der Waals surface area (Å²) in [6.45, 7) is 3.44. The van der Waals surface area contributed by atoms with Crippen LogP contribution in [0.3, 0.4) is 0 Å². The fourth-order valence-corrected chi connectivity index (χ4v) is 3.74. The van der Waals surface area contributed by atoms with E-state index in [0.29, 0.717) is 41.5 Å². The zero-order chi connectivity index (χ0) is 23.9. The summed E-state index contributed by atoms with van der Waals surface area (Å²) in [7, 11) is 0. The summed E-state index contributed by atoms with van der Waals surface area (Å²) in [5.74, 6) is 5.74. The van der Waals surface area contributed by atoms with Crippen molar-refractivity contribution in [3.05, 3.63) is 70.8 Å². The molecule has 1 aliphatic carbocycles. The molecule has 2 N–H and O–H groups in total. The van der Waals surface area contributed by atoms with Gasteiger partial charge in [-0.15, -0.1) is 0 Å². The normalized spacial score (nSPS) is 17.8. The number of carbonyl (C=O) groups excluding carboxylic acids is 1. The van der Waals surface area contributed by atoms with Gasteiger partial charge in [0, 0.05) is 5.57 Å². The maximum atomic E-state index is 12.4. The van der Waals surface area contributed by atoms with Crippen molar-refractivity contribution in [1.82, 2.24) is 5.16 Å². The number of anilines is 1. The first-order valence-corrected chi connectivity index (χ1v) is 10.7. The zero-order valence-electron chi connectivity index (χ0n) is 18.5. The molecule has 5 rings (SSSR count). The molecule has 170 valence electrons.